The number of aryl methyl sites for hydroxylation is 1. The highest BCUT2D eigenvalue weighted by Crippen LogP contribution is 2.22. The van der Waals surface area contributed by atoms with Gasteiger partial charge in [-0.05, 0) is 13.5 Å². The Kier molecular flexibility index (Phi) is 4.00. The normalized spacial score (nSPS) is 11.2. The van der Waals surface area contributed by atoms with Crippen LogP contribution in [0.4, 0.5) is 8.78 Å². The second-order valence-electron chi connectivity index (χ2n) is 2.95. The SMILES string of the molecule is CCNCc1cnn(CC)c1C(F)F. The van der Waals surface area contributed by atoms with Gasteiger partial charge in [0.1, 0.15) is 5.69 Å². The largest absolute Gasteiger partial charge is 0.313 e. The molecule has 0 aliphatic heterocycles. The van der Waals surface area contributed by atoms with Gasteiger partial charge in [0.15, 0.2) is 0 Å². The van der Waals surface area contributed by atoms with E-state index in [9.17, 15) is 8.78 Å². The van der Waals surface area contributed by atoms with Crippen LogP contribution < -0.4 is 5.32 Å². The zero-order chi connectivity index (χ0) is 10.6. The fourth-order valence-electron chi connectivity index (χ4n) is 1.33. The van der Waals surface area contributed by atoms with Crippen molar-refractivity contribution in [1.29, 1.82) is 0 Å². The third kappa shape index (κ3) is 2.29. The molecule has 0 spiro atoms. The van der Waals surface area contributed by atoms with Crippen molar-refractivity contribution >= 4 is 0 Å². The molecule has 0 unspecified atom stereocenters. The minimum Gasteiger partial charge on any atom is -0.313 e. The summed E-state index contributed by atoms with van der Waals surface area (Å²) in [5, 5.41) is 6.92. The average Bonchev–Trinajstić information content (AvgIpc) is 2.57. The van der Waals surface area contributed by atoms with Crippen molar-refractivity contribution in [3.8, 4) is 0 Å². The number of halogens is 2. The minimum atomic E-state index is -2.45. The van der Waals surface area contributed by atoms with Crippen molar-refractivity contribution in [3.63, 3.8) is 0 Å². The maximum atomic E-state index is 12.6. The highest BCUT2D eigenvalue weighted by molar-refractivity contribution is 5.18. The highest BCUT2D eigenvalue weighted by atomic mass is 19.3. The second-order valence-corrected chi connectivity index (χ2v) is 2.95. The molecule has 0 aliphatic rings. The van der Waals surface area contributed by atoms with Gasteiger partial charge >= 0.3 is 0 Å². The van der Waals surface area contributed by atoms with Crippen LogP contribution in [-0.2, 0) is 13.1 Å². The molecule has 5 heteroatoms. The van der Waals surface area contributed by atoms with Gasteiger partial charge in [0.25, 0.3) is 6.43 Å². The van der Waals surface area contributed by atoms with Gasteiger partial charge in [-0.1, -0.05) is 6.92 Å². The number of alkyl halides is 2. The van der Waals surface area contributed by atoms with Gasteiger partial charge in [-0.15, -0.1) is 0 Å². The molecule has 1 N–H and O–H groups in total. The van der Waals surface area contributed by atoms with E-state index in [1.165, 1.54) is 10.9 Å². The molecule has 80 valence electrons. The molecule has 1 rings (SSSR count). The van der Waals surface area contributed by atoms with Crippen LogP contribution in [0, 0.1) is 0 Å². The van der Waals surface area contributed by atoms with Crippen LogP contribution in [0.2, 0.25) is 0 Å². The zero-order valence-electron chi connectivity index (χ0n) is 8.43. The molecule has 0 fully saturated rings. The first-order valence-electron chi connectivity index (χ1n) is 4.74. The first-order valence-corrected chi connectivity index (χ1v) is 4.74. The zero-order valence-corrected chi connectivity index (χ0v) is 8.43. The number of nitrogens with one attached hydrogen (secondary N) is 1. The van der Waals surface area contributed by atoms with E-state index in [0.717, 1.165) is 6.54 Å². The Balaban J connectivity index is 2.87. The molecule has 0 atom stereocenters. The molecule has 1 heterocycles. The molecule has 1 aromatic heterocycles. The summed E-state index contributed by atoms with van der Waals surface area (Å²) in [4.78, 5) is 0. The van der Waals surface area contributed by atoms with E-state index < -0.39 is 6.43 Å². The summed E-state index contributed by atoms with van der Waals surface area (Å²) >= 11 is 0. The van der Waals surface area contributed by atoms with Crippen molar-refractivity contribution in [2.45, 2.75) is 33.4 Å². The molecule has 0 bridgehead atoms. The molecule has 0 amide bonds. The Labute approximate surface area is 82.1 Å². The van der Waals surface area contributed by atoms with E-state index in [1.807, 2.05) is 6.92 Å². The number of hydrogen-bond donors (Lipinski definition) is 1. The summed E-state index contributed by atoms with van der Waals surface area (Å²) in [6.45, 7) is 5.43. The topological polar surface area (TPSA) is 29.9 Å². The predicted octanol–water partition coefficient (Wildman–Crippen LogP) is 1.95. The molecule has 1 aromatic rings. The molecular weight excluding hydrogens is 188 g/mol. The number of aromatic nitrogens is 2. The monoisotopic (exact) mass is 203 g/mol. The summed E-state index contributed by atoms with van der Waals surface area (Å²) in [6, 6.07) is 0. The smallest absolute Gasteiger partial charge is 0.280 e. The van der Waals surface area contributed by atoms with Crippen LogP contribution >= 0.6 is 0 Å². The summed E-state index contributed by atoms with van der Waals surface area (Å²) in [7, 11) is 0. The van der Waals surface area contributed by atoms with Crippen molar-refractivity contribution in [2.75, 3.05) is 6.54 Å². The van der Waals surface area contributed by atoms with Crippen LogP contribution in [-0.4, -0.2) is 16.3 Å². The third-order valence-electron chi connectivity index (χ3n) is 2.03. The Hall–Kier alpha value is -0.970. The van der Waals surface area contributed by atoms with Gasteiger partial charge < -0.3 is 5.32 Å². The van der Waals surface area contributed by atoms with Gasteiger partial charge in [-0.2, -0.15) is 5.10 Å². The summed E-state index contributed by atoms with van der Waals surface area (Å²) in [5.41, 5.74) is 0.622. The van der Waals surface area contributed by atoms with Crippen LogP contribution in [0.3, 0.4) is 0 Å². The predicted molar refractivity (Wildman–Crippen MR) is 50.2 cm³/mol. The van der Waals surface area contributed by atoms with E-state index in [-0.39, 0.29) is 5.69 Å². The summed E-state index contributed by atoms with van der Waals surface area (Å²) < 4.78 is 26.6. The Morgan fingerprint density at radius 1 is 1.50 bits per heavy atom. The van der Waals surface area contributed by atoms with E-state index in [1.54, 1.807) is 6.92 Å². The van der Waals surface area contributed by atoms with Crippen LogP contribution in [0.15, 0.2) is 6.20 Å². The molecular formula is C9H15F2N3. The highest BCUT2D eigenvalue weighted by Gasteiger charge is 2.18. The van der Waals surface area contributed by atoms with Crippen LogP contribution in [0.25, 0.3) is 0 Å². The van der Waals surface area contributed by atoms with Crippen molar-refractivity contribution in [1.82, 2.24) is 15.1 Å². The van der Waals surface area contributed by atoms with Gasteiger partial charge in [0, 0.05) is 18.7 Å². The molecule has 0 radical (unpaired) electrons. The van der Waals surface area contributed by atoms with E-state index in [4.69, 9.17) is 0 Å². The first kappa shape index (κ1) is 11.1. The lowest BCUT2D eigenvalue weighted by Crippen LogP contribution is -2.14. The first-order chi connectivity index (χ1) is 6.70. The number of hydrogen-bond acceptors (Lipinski definition) is 2. The van der Waals surface area contributed by atoms with Crippen molar-refractivity contribution in [3.05, 3.63) is 17.5 Å². The fraction of sp³-hybridized carbons (Fsp3) is 0.667. The van der Waals surface area contributed by atoms with Crippen molar-refractivity contribution < 1.29 is 8.78 Å². The lowest BCUT2D eigenvalue weighted by molar-refractivity contribution is 0.138. The number of nitrogens with zero attached hydrogens (tertiary/aromatic N) is 2. The lowest BCUT2D eigenvalue weighted by Gasteiger charge is -2.06. The Bertz CT molecular complexity index is 284. The maximum Gasteiger partial charge on any atom is 0.280 e. The van der Waals surface area contributed by atoms with E-state index in [2.05, 4.69) is 10.4 Å². The molecule has 0 saturated carbocycles. The lowest BCUT2D eigenvalue weighted by atomic mass is 10.2. The van der Waals surface area contributed by atoms with Crippen molar-refractivity contribution in [2.24, 2.45) is 0 Å². The molecule has 0 aliphatic carbocycles. The molecule has 0 saturated heterocycles. The Morgan fingerprint density at radius 2 is 2.21 bits per heavy atom. The van der Waals surface area contributed by atoms with Crippen LogP contribution in [0.1, 0.15) is 31.5 Å². The van der Waals surface area contributed by atoms with Gasteiger partial charge in [-0.3, -0.25) is 4.68 Å². The molecule has 0 aromatic carbocycles. The molecule has 3 nitrogen and oxygen atoms in total. The van der Waals surface area contributed by atoms with E-state index in [0.29, 0.717) is 18.7 Å². The summed E-state index contributed by atoms with van der Waals surface area (Å²) in [5.74, 6) is 0. The Morgan fingerprint density at radius 3 is 2.71 bits per heavy atom. The van der Waals surface area contributed by atoms with Gasteiger partial charge in [0.05, 0.1) is 6.20 Å². The summed E-state index contributed by atoms with van der Waals surface area (Å²) in [6.07, 6.45) is -0.945. The second kappa shape index (κ2) is 5.05. The average molecular weight is 203 g/mol. The van der Waals surface area contributed by atoms with Crippen LogP contribution in [0.5, 0.6) is 0 Å². The fourth-order valence-corrected chi connectivity index (χ4v) is 1.33. The van der Waals surface area contributed by atoms with Gasteiger partial charge in [0.2, 0.25) is 0 Å². The molecule has 14 heavy (non-hydrogen) atoms. The number of rotatable bonds is 5. The standard InChI is InChI=1S/C9H15F2N3/c1-3-12-5-7-6-13-14(4-2)8(7)9(10)11/h6,9,12H,3-5H2,1-2H3. The van der Waals surface area contributed by atoms with E-state index >= 15 is 0 Å². The van der Waals surface area contributed by atoms with Gasteiger partial charge in [-0.25, -0.2) is 8.78 Å². The minimum absolute atomic E-state index is 0.0356. The maximum absolute atomic E-state index is 12.6. The third-order valence-corrected chi connectivity index (χ3v) is 2.03. The quantitative estimate of drug-likeness (QED) is 0.792.